The number of carbonyl (C=O) groups is 2. The van der Waals surface area contributed by atoms with Gasteiger partial charge in [-0.1, -0.05) is 140 Å². The van der Waals surface area contributed by atoms with E-state index in [1.807, 2.05) is 0 Å². The standard InChI is InChI=1S/C37H64O5/c1-3-5-7-9-11-13-15-16-17-18-19-20-22-24-26-28-30-32-37(40)42-35(33-38)34-41-36(39)31-29-27-25-23-21-14-12-10-8-6-4-2/h11,13,16-17,19-20,24,26,35,38H,3-10,12,14-15,18,21-23,25,27-34H2,1-2H3. The number of carbonyl (C=O) groups excluding carboxylic acids is 2. The van der Waals surface area contributed by atoms with Gasteiger partial charge in [-0.15, -0.1) is 0 Å². The summed E-state index contributed by atoms with van der Waals surface area (Å²) in [5, 5.41) is 9.49. The molecule has 0 amide bonds. The van der Waals surface area contributed by atoms with Crippen LogP contribution in [0.5, 0.6) is 0 Å². The van der Waals surface area contributed by atoms with E-state index < -0.39 is 6.10 Å². The summed E-state index contributed by atoms with van der Waals surface area (Å²) in [6.45, 7) is 4.03. The van der Waals surface area contributed by atoms with Crippen LogP contribution in [0.2, 0.25) is 0 Å². The molecular formula is C37H64O5. The predicted octanol–water partition coefficient (Wildman–Crippen LogP) is 10.3. The zero-order chi connectivity index (χ0) is 30.8. The third kappa shape index (κ3) is 30.8. The zero-order valence-electron chi connectivity index (χ0n) is 27.2. The van der Waals surface area contributed by atoms with E-state index in [4.69, 9.17) is 9.47 Å². The van der Waals surface area contributed by atoms with Gasteiger partial charge in [-0.2, -0.15) is 0 Å². The summed E-state index contributed by atoms with van der Waals surface area (Å²) in [4.78, 5) is 24.1. The van der Waals surface area contributed by atoms with Crippen LogP contribution in [0.15, 0.2) is 48.6 Å². The summed E-state index contributed by atoms with van der Waals surface area (Å²) in [5.74, 6) is -0.660. The minimum atomic E-state index is -0.796. The Morgan fingerprint density at radius 2 is 0.976 bits per heavy atom. The molecule has 0 aliphatic carbocycles. The predicted molar refractivity (Wildman–Crippen MR) is 177 cm³/mol. The van der Waals surface area contributed by atoms with Gasteiger partial charge in [0.15, 0.2) is 6.10 Å². The van der Waals surface area contributed by atoms with Crippen molar-refractivity contribution in [3.8, 4) is 0 Å². The first kappa shape index (κ1) is 39.9. The molecule has 1 N–H and O–H groups in total. The minimum Gasteiger partial charge on any atom is -0.462 e. The van der Waals surface area contributed by atoms with Crippen LogP contribution in [-0.4, -0.2) is 36.4 Å². The molecule has 242 valence electrons. The number of aliphatic hydroxyl groups is 1. The van der Waals surface area contributed by atoms with Gasteiger partial charge in [-0.3, -0.25) is 9.59 Å². The van der Waals surface area contributed by atoms with Crippen molar-refractivity contribution in [3.05, 3.63) is 48.6 Å². The van der Waals surface area contributed by atoms with Crippen LogP contribution in [0, 0.1) is 0 Å². The molecule has 0 rings (SSSR count). The minimum absolute atomic E-state index is 0.0870. The van der Waals surface area contributed by atoms with Gasteiger partial charge in [-0.05, 0) is 51.4 Å². The second-order valence-corrected chi connectivity index (χ2v) is 11.2. The molecule has 0 aliphatic rings. The molecule has 0 heterocycles. The van der Waals surface area contributed by atoms with Crippen molar-refractivity contribution in [2.75, 3.05) is 13.2 Å². The highest BCUT2D eigenvalue weighted by atomic mass is 16.6. The van der Waals surface area contributed by atoms with Crippen molar-refractivity contribution < 1.29 is 24.2 Å². The van der Waals surface area contributed by atoms with Crippen LogP contribution in [0.1, 0.15) is 155 Å². The van der Waals surface area contributed by atoms with Crippen LogP contribution in [0.25, 0.3) is 0 Å². The molecule has 0 fully saturated rings. The van der Waals surface area contributed by atoms with E-state index >= 15 is 0 Å². The topological polar surface area (TPSA) is 72.8 Å². The van der Waals surface area contributed by atoms with Crippen molar-refractivity contribution >= 4 is 11.9 Å². The maximum absolute atomic E-state index is 12.1. The lowest BCUT2D eigenvalue weighted by Gasteiger charge is -2.15. The lowest BCUT2D eigenvalue weighted by Crippen LogP contribution is -2.28. The second-order valence-electron chi connectivity index (χ2n) is 11.2. The third-order valence-electron chi connectivity index (χ3n) is 7.13. The van der Waals surface area contributed by atoms with Crippen molar-refractivity contribution in [3.63, 3.8) is 0 Å². The highest BCUT2D eigenvalue weighted by molar-refractivity contribution is 5.70. The molecule has 0 spiro atoms. The van der Waals surface area contributed by atoms with Crippen LogP contribution >= 0.6 is 0 Å². The molecule has 0 aromatic rings. The smallest absolute Gasteiger partial charge is 0.306 e. The van der Waals surface area contributed by atoms with Gasteiger partial charge in [0.25, 0.3) is 0 Å². The highest BCUT2D eigenvalue weighted by Gasteiger charge is 2.15. The van der Waals surface area contributed by atoms with Crippen molar-refractivity contribution in [2.24, 2.45) is 0 Å². The Kier molecular flexibility index (Phi) is 31.7. The average Bonchev–Trinajstić information content (AvgIpc) is 2.99. The second kappa shape index (κ2) is 33.4. The van der Waals surface area contributed by atoms with E-state index in [-0.39, 0.29) is 31.6 Å². The maximum Gasteiger partial charge on any atom is 0.306 e. The van der Waals surface area contributed by atoms with E-state index in [0.717, 1.165) is 44.9 Å². The quantitative estimate of drug-likeness (QED) is 0.0513. The number of esters is 2. The summed E-state index contributed by atoms with van der Waals surface area (Å²) in [5.41, 5.74) is 0. The number of hydrogen-bond acceptors (Lipinski definition) is 5. The molecule has 0 aliphatic heterocycles. The summed E-state index contributed by atoms with van der Waals surface area (Å²) in [6.07, 6.45) is 40.2. The number of ether oxygens (including phenoxy) is 2. The fourth-order valence-corrected chi connectivity index (χ4v) is 4.49. The molecule has 0 saturated heterocycles. The van der Waals surface area contributed by atoms with Gasteiger partial charge in [0.05, 0.1) is 6.61 Å². The Labute approximate surface area is 258 Å². The van der Waals surface area contributed by atoms with Gasteiger partial charge < -0.3 is 14.6 Å². The number of hydrogen-bond donors (Lipinski definition) is 1. The fourth-order valence-electron chi connectivity index (χ4n) is 4.49. The van der Waals surface area contributed by atoms with Crippen molar-refractivity contribution in [1.29, 1.82) is 0 Å². The average molecular weight is 589 g/mol. The van der Waals surface area contributed by atoms with Crippen LogP contribution in [0.4, 0.5) is 0 Å². The summed E-state index contributed by atoms with van der Waals surface area (Å²) in [6, 6.07) is 0. The molecule has 0 radical (unpaired) electrons. The molecule has 0 aromatic carbocycles. The Hall–Kier alpha value is -2.14. The van der Waals surface area contributed by atoms with Gasteiger partial charge in [-0.25, -0.2) is 0 Å². The Bertz CT molecular complexity index is 722. The van der Waals surface area contributed by atoms with E-state index in [0.29, 0.717) is 12.8 Å². The first-order chi connectivity index (χ1) is 20.6. The lowest BCUT2D eigenvalue weighted by molar-refractivity contribution is -0.161. The monoisotopic (exact) mass is 588 g/mol. The van der Waals surface area contributed by atoms with Crippen molar-refractivity contribution in [1.82, 2.24) is 0 Å². The van der Waals surface area contributed by atoms with E-state index in [2.05, 4.69) is 62.5 Å². The molecule has 0 aromatic heterocycles. The summed E-state index contributed by atoms with van der Waals surface area (Å²) >= 11 is 0. The van der Waals surface area contributed by atoms with Gasteiger partial charge >= 0.3 is 11.9 Å². The number of aliphatic hydroxyl groups excluding tert-OH is 1. The van der Waals surface area contributed by atoms with Crippen molar-refractivity contribution in [2.45, 2.75) is 161 Å². The molecular weight excluding hydrogens is 524 g/mol. The number of allylic oxidation sites excluding steroid dienone is 8. The van der Waals surface area contributed by atoms with Crippen LogP contribution < -0.4 is 0 Å². The Morgan fingerprint density at radius 3 is 1.50 bits per heavy atom. The van der Waals surface area contributed by atoms with Gasteiger partial charge in [0.1, 0.15) is 6.61 Å². The molecule has 1 unspecified atom stereocenters. The van der Waals surface area contributed by atoms with E-state index in [1.54, 1.807) is 0 Å². The first-order valence-corrected chi connectivity index (χ1v) is 17.2. The normalized spacial score (nSPS) is 12.7. The molecule has 5 heteroatoms. The molecule has 0 saturated carbocycles. The summed E-state index contributed by atoms with van der Waals surface area (Å²) < 4.78 is 10.5. The van der Waals surface area contributed by atoms with Crippen LogP contribution in [0.3, 0.4) is 0 Å². The first-order valence-electron chi connectivity index (χ1n) is 17.2. The van der Waals surface area contributed by atoms with Crippen LogP contribution in [-0.2, 0) is 19.1 Å². The number of unbranched alkanes of at least 4 members (excludes halogenated alkanes) is 14. The zero-order valence-corrected chi connectivity index (χ0v) is 27.2. The largest absolute Gasteiger partial charge is 0.462 e. The summed E-state index contributed by atoms with van der Waals surface area (Å²) in [7, 11) is 0. The Balaban J connectivity index is 3.71. The third-order valence-corrected chi connectivity index (χ3v) is 7.13. The molecule has 5 nitrogen and oxygen atoms in total. The molecule has 1 atom stereocenters. The highest BCUT2D eigenvalue weighted by Crippen LogP contribution is 2.12. The van der Waals surface area contributed by atoms with E-state index in [9.17, 15) is 14.7 Å². The Morgan fingerprint density at radius 1 is 0.548 bits per heavy atom. The van der Waals surface area contributed by atoms with Gasteiger partial charge in [0.2, 0.25) is 0 Å². The van der Waals surface area contributed by atoms with Gasteiger partial charge in [0, 0.05) is 12.8 Å². The van der Waals surface area contributed by atoms with E-state index in [1.165, 1.54) is 77.0 Å². The number of rotatable bonds is 30. The molecule has 0 bridgehead atoms. The fraction of sp³-hybridized carbons (Fsp3) is 0.730. The lowest BCUT2D eigenvalue weighted by atomic mass is 10.1. The SMILES string of the molecule is CCCCCC=CCC=CCC=CCC=CCCCC(=O)OC(CO)COC(=O)CCCCCCCCCCCCC. The maximum atomic E-state index is 12.1. The molecule has 42 heavy (non-hydrogen) atoms.